The first kappa shape index (κ1) is 37.0. The molecule has 2 fully saturated rings. The number of hydrogen-bond acceptors (Lipinski definition) is 8. The summed E-state index contributed by atoms with van der Waals surface area (Å²) in [5.74, 6) is -2.22. The number of fused-ring (bicyclic) bond motifs is 1. The van der Waals surface area contributed by atoms with Crippen molar-refractivity contribution in [3.8, 4) is 0 Å². The summed E-state index contributed by atoms with van der Waals surface area (Å²) in [4.78, 5) is 61.5. The van der Waals surface area contributed by atoms with Crippen molar-refractivity contribution in [3.05, 3.63) is 113 Å². The van der Waals surface area contributed by atoms with Gasteiger partial charge >= 0.3 is 0 Å². The standard InChI is InChI=1S/C40H45N5O6S/c1-25-11-7-8-15-28(25)22-41-38(49)35-40(2,3)52-24-45(35)39(50)34(46)32(21-26-12-5-4-6-13-26)43-37(48)33(29-19-20-51-23-29)44-36(47)31-18-17-27-14-9-10-16-30(27)42-31/h4-18,29,32-35,46H,19-24H2,1-3H3,(H,41,49)(H,43,48)(H,44,47)/t29-,32-,33-,34-,35+/m0/s1. The Morgan fingerprint density at radius 1 is 0.962 bits per heavy atom. The van der Waals surface area contributed by atoms with Crippen molar-refractivity contribution in [2.75, 3.05) is 19.1 Å². The monoisotopic (exact) mass is 723 g/mol. The van der Waals surface area contributed by atoms with E-state index in [1.807, 2.05) is 99.6 Å². The Morgan fingerprint density at radius 2 is 1.69 bits per heavy atom. The van der Waals surface area contributed by atoms with Crippen LogP contribution in [0.4, 0.5) is 0 Å². The largest absolute Gasteiger partial charge is 0.381 e. The van der Waals surface area contributed by atoms with E-state index in [-0.39, 0.29) is 36.4 Å². The second-order valence-corrected chi connectivity index (χ2v) is 15.5. The molecule has 6 rings (SSSR count). The predicted molar refractivity (Wildman–Crippen MR) is 200 cm³/mol. The van der Waals surface area contributed by atoms with Crippen molar-refractivity contribution < 1.29 is 29.0 Å². The molecular formula is C40H45N5O6S. The highest BCUT2D eigenvalue weighted by Gasteiger charge is 2.50. The van der Waals surface area contributed by atoms with E-state index in [0.29, 0.717) is 25.1 Å². The van der Waals surface area contributed by atoms with Crippen molar-refractivity contribution >= 4 is 46.3 Å². The zero-order valence-electron chi connectivity index (χ0n) is 29.6. The summed E-state index contributed by atoms with van der Waals surface area (Å²) in [5.41, 5.74) is 3.60. The van der Waals surface area contributed by atoms with Crippen molar-refractivity contribution in [3.63, 3.8) is 0 Å². The van der Waals surface area contributed by atoms with Crippen LogP contribution in [0.25, 0.3) is 10.9 Å². The van der Waals surface area contributed by atoms with Crippen LogP contribution in [0.5, 0.6) is 0 Å². The number of aromatic nitrogens is 1. The van der Waals surface area contributed by atoms with E-state index in [1.54, 1.807) is 12.1 Å². The lowest BCUT2D eigenvalue weighted by atomic mass is 9.94. The molecule has 0 spiro atoms. The molecule has 0 aliphatic carbocycles. The number of aliphatic hydroxyl groups excluding tert-OH is 1. The topological polar surface area (TPSA) is 150 Å². The maximum Gasteiger partial charge on any atom is 0.270 e. The summed E-state index contributed by atoms with van der Waals surface area (Å²) < 4.78 is 4.96. The fourth-order valence-corrected chi connectivity index (χ4v) is 7.99. The molecule has 3 aromatic carbocycles. The lowest BCUT2D eigenvalue weighted by Gasteiger charge is -2.34. The summed E-state index contributed by atoms with van der Waals surface area (Å²) >= 11 is 1.45. The molecule has 4 N–H and O–H groups in total. The number of aliphatic hydroxyl groups is 1. The van der Waals surface area contributed by atoms with Gasteiger partial charge in [-0.15, -0.1) is 11.8 Å². The number of para-hydroxylation sites is 1. The van der Waals surface area contributed by atoms with Gasteiger partial charge in [-0.25, -0.2) is 4.98 Å². The highest BCUT2D eigenvalue weighted by molar-refractivity contribution is 8.00. The molecule has 1 aromatic heterocycles. The number of hydrogen-bond donors (Lipinski definition) is 4. The highest BCUT2D eigenvalue weighted by atomic mass is 32.2. The van der Waals surface area contributed by atoms with Crippen molar-refractivity contribution in [2.24, 2.45) is 5.92 Å². The van der Waals surface area contributed by atoms with E-state index in [0.717, 1.165) is 22.1 Å². The molecule has 0 radical (unpaired) electrons. The first-order valence-corrected chi connectivity index (χ1v) is 18.5. The van der Waals surface area contributed by atoms with E-state index < -0.39 is 46.7 Å². The van der Waals surface area contributed by atoms with Crippen LogP contribution in [0.1, 0.15) is 47.4 Å². The highest BCUT2D eigenvalue weighted by Crippen LogP contribution is 2.40. The zero-order chi connectivity index (χ0) is 36.8. The lowest BCUT2D eigenvalue weighted by molar-refractivity contribution is -0.148. The van der Waals surface area contributed by atoms with E-state index in [1.165, 1.54) is 16.7 Å². The number of nitrogens with zero attached hydrogens (tertiary/aromatic N) is 2. The number of pyridine rings is 1. The number of rotatable bonds is 12. The molecule has 52 heavy (non-hydrogen) atoms. The predicted octanol–water partition coefficient (Wildman–Crippen LogP) is 3.76. The number of aryl methyl sites for hydroxylation is 1. The van der Waals surface area contributed by atoms with E-state index in [2.05, 4.69) is 20.9 Å². The number of nitrogens with one attached hydrogen (secondary N) is 3. The fourth-order valence-electron chi connectivity index (χ4n) is 6.85. The maximum atomic E-state index is 14.2. The van der Waals surface area contributed by atoms with Crippen LogP contribution in [0.15, 0.2) is 91.0 Å². The summed E-state index contributed by atoms with van der Waals surface area (Å²) in [6, 6.07) is 24.9. The second kappa shape index (κ2) is 16.3. The van der Waals surface area contributed by atoms with Gasteiger partial charge in [0.15, 0.2) is 6.10 Å². The lowest BCUT2D eigenvalue weighted by Crippen LogP contribution is -2.60. The molecule has 2 aliphatic heterocycles. The first-order chi connectivity index (χ1) is 25.0. The number of benzene rings is 3. The van der Waals surface area contributed by atoms with Crippen LogP contribution in [0.2, 0.25) is 0 Å². The molecule has 4 aromatic rings. The van der Waals surface area contributed by atoms with E-state index in [4.69, 9.17) is 4.74 Å². The molecular weight excluding hydrogens is 679 g/mol. The Morgan fingerprint density at radius 3 is 2.44 bits per heavy atom. The van der Waals surface area contributed by atoms with Crippen LogP contribution < -0.4 is 16.0 Å². The number of carbonyl (C=O) groups excluding carboxylic acids is 4. The normalized spacial score (nSPS) is 19.8. The summed E-state index contributed by atoms with van der Waals surface area (Å²) in [6.07, 6.45) is -1.03. The Kier molecular flexibility index (Phi) is 11.6. The van der Waals surface area contributed by atoms with Crippen molar-refractivity contribution in [1.82, 2.24) is 25.8 Å². The van der Waals surface area contributed by atoms with Gasteiger partial charge in [0.2, 0.25) is 11.8 Å². The molecule has 2 aliphatic rings. The third kappa shape index (κ3) is 8.46. The molecule has 11 nitrogen and oxygen atoms in total. The van der Waals surface area contributed by atoms with Crippen LogP contribution in [0, 0.1) is 12.8 Å². The Balaban J connectivity index is 1.22. The van der Waals surface area contributed by atoms with Crippen LogP contribution >= 0.6 is 11.8 Å². The number of ether oxygens (including phenoxy) is 1. The molecule has 4 amide bonds. The Bertz CT molecular complexity index is 1920. The second-order valence-electron chi connectivity index (χ2n) is 13.9. The molecule has 2 saturated heterocycles. The number of amides is 4. The average molecular weight is 724 g/mol. The Hall–Kier alpha value is -4.78. The summed E-state index contributed by atoms with van der Waals surface area (Å²) in [7, 11) is 0. The summed E-state index contributed by atoms with van der Waals surface area (Å²) in [5, 5.41) is 21.5. The number of carbonyl (C=O) groups is 4. The Labute approximate surface area is 307 Å². The van der Waals surface area contributed by atoms with Gasteiger partial charge in [0.1, 0.15) is 17.8 Å². The molecule has 0 bridgehead atoms. The van der Waals surface area contributed by atoms with Crippen LogP contribution in [-0.4, -0.2) is 86.7 Å². The van der Waals surface area contributed by atoms with Gasteiger partial charge in [0.25, 0.3) is 11.8 Å². The average Bonchev–Trinajstić information content (AvgIpc) is 3.80. The molecule has 5 atom stereocenters. The first-order valence-electron chi connectivity index (χ1n) is 17.6. The van der Waals surface area contributed by atoms with Crippen LogP contribution in [0.3, 0.4) is 0 Å². The quantitative estimate of drug-likeness (QED) is 0.173. The van der Waals surface area contributed by atoms with Gasteiger partial charge in [0, 0.05) is 29.2 Å². The minimum Gasteiger partial charge on any atom is -0.381 e. The van der Waals surface area contributed by atoms with Gasteiger partial charge in [-0.3, -0.25) is 19.2 Å². The fraction of sp³-hybridized carbons (Fsp3) is 0.375. The maximum absolute atomic E-state index is 14.2. The minimum absolute atomic E-state index is 0.127. The number of thioether (sulfide) groups is 1. The SMILES string of the molecule is Cc1ccccc1CNC(=O)[C@H]1N(C(=O)[C@@H](O)[C@H](Cc2ccccc2)NC(=O)[C@@H](NC(=O)c2ccc3ccccc3n2)[C@H]2CCOC2)CSC1(C)C. The molecule has 0 unspecified atom stereocenters. The van der Waals surface area contributed by atoms with Crippen molar-refractivity contribution in [1.29, 1.82) is 0 Å². The zero-order valence-corrected chi connectivity index (χ0v) is 30.4. The van der Waals surface area contributed by atoms with Crippen molar-refractivity contribution in [2.45, 2.75) is 69.1 Å². The molecule has 3 heterocycles. The summed E-state index contributed by atoms with van der Waals surface area (Å²) in [6.45, 7) is 6.77. The van der Waals surface area contributed by atoms with E-state index >= 15 is 0 Å². The smallest absolute Gasteiger partial charge is 0.270 e. The van der Waals surface area contributed by atoms with Gasteiger partial charge in [0.05, 0.1) is 24.0 Å². The molecule has 12 heteroatoms. The van der Waals surface area contributed by atoms with Gasteiger partial charge in [-0.2, -0.15) is 0 Å². The minimum atomic E-state index is -1.69. The third-order valence-electron chi connectivity index (χ3n) is 9.89. The van der Waals surface area contributed by atoms with Crippen LogP contribution in [-0.2, 0) is 32.1 Å². The molecule has 272 valence electrons. The van der Waals surface area contributed by atoms with E-state index in [9.17, 15) is 24.3 Å². The third-order valence-corrected chi connectivity index (χ3v) is 11.3. The molecule has 0 saturated carbocycles. The van der Waals surface area contributed by atoms with Gasteiger partial charge < -0.3 is 30.7 Å². The van der Waals surface area contributed by atoms with Gasteiger partial charge in [-0.1, -0.05) is 78.9 Å². The van der Waals surface area contributed by atoms with Gasteiger partial charge in [-0.05, 0) is 62.4 Å².